The SMILES string of the molecule is c1ccc(COC[C@@H]2[C@H]3c4ccccc4CO[C@@H]3[C@@H](COCc3ccccc3)O[C@H]2c2ccc3ccccc3c2)cc1. The summed E-state index contributed by atoms with van der Waals surface area (Å²) in [6.45, 7) is 2.70. The standard InChI is InChI=1S/C38H36O4/c1-3-11-27(12-4-1)22-39-25-34-36-33-18-10-9-17-32(33)24-41-38(36)35(26-40-23-28-13-5-2-6-14-28)42-37(34)31-20-19-29-15-7-8-16-30(29)21-31/h1-21,34-38H,22-26H2/t34-,35-,36-,37+,38-/m1/s1. The van der Waals surface area contributed by atoms with Gasteiger partial charge >= 0.3 is 0 Å². The van der Waals surface area contributed by atoms with E-state index in [2.05, 4.69) is 103 Å². The minimum atomic E-state index is -0.214. The molecule has 0 aliphatic carbocycles. The Labute approximate surface area is 247 Å². The molecule has 1 saturated heterocycles. The molecule has 2 heterocycles. The van der Waals surface area contributed by atoms with Gasteiger partial charge in [-0.2, -0.15) is 0 Å². The summed E-state index contributed by atoms with van der Waals surface area (Å²) in [5.74, 6) is 0.174. The molecule has 4 nitrogen and oxygen atoms in total. The molecule has 4 heteroatoms. The van der Waals surface area contributed by atoms with Crippen molar-refractivity contribution in [2.24, 2.45) is 5.92 Å². The molecule has 0 unspecified atom stereocenters. The smallest absolute Gasteiger partial charge is 0.108 e. The lowest BCUT2D eigenvalue weighted by Crippen LogP contribution is -2.52. The summed E-state index contributed by atoms with van der Waals surface area (Å²) < 4.78 is 26.4. The summed E-state index contributed by atoms with van der Waals surface area (Å²) in [5.41, 5.74) is 6.06. The van der Waals surface area contributed by atoms with Crippen LogP contribution >= 0.6 is 0 Å². The predicted octanol–water partition coefficient (Wildman–Crippen LogP) is 8.01. The minimum absolute atomic E-state index is 0.0618. The molecule has 5 aromatic carbocycles. The highest BCUT2D eigenvalue weighted by Gasteiger charge is 2.49. The molecule has 0 amide bonds. The van der Waals surface area contributed by atoms with Crippen LogP contribution in [-0.4, -0.2) is 25.4 Å². The van der Waals surface area contributed by atoms with Crippen LogP contribution in [0.15, 0.2) is 127 Å². The van der Waals surface area contributed by atoms with E-state index < -0.39 is 0 Å². The first-order valence-corrected chi connectivity index (χ1v) is 14.9. The van der Waals surface area contributed by atoms with Crippen LogP contribution in [0.25, 0.3) is 10.8 Å². The zero-order valence-electron chi connectivity index (χ0n) is 23.7. The summed E-state index contributed by atoms with van der Waals surface area (Å²) in [7, 11) is 0. The van der Waals surface area contributed by atoms with Crippen molar-refractivity contribution in [3.63, 3.8) is 0 Å². The Bertz CT molecular complexity index is 1600. The Morgan fingerprint density at radius 2 is 1.26 bits per heavy atom. The van der Waals surface area contributed by atoms with E-state index in [9.17, 15) is 0 Å². The van der Waals surface area contributed by atoms with E-state index in [4.69, 9.17) is 18.9 Å². The fourth-order valence-corrected chi connectivity index (χ4v) is 6.62. The van der Waals surface area contributed by atoms with Crippen molar-refractivity contribution in [2.75, 3.05) is 13.2 Å². The van der Waals surface area contributed by atoms with Crippen LogP contribution in [0, 0.1) is 5.92 Å². The number of hydrogen-bond donors (Lipinski definition) is 0. The zero-order chi connectivity index (χ0) is 28.1. The molecule has 0 bridgehead atoms. The van der Waals surface area contributed by atoms with Gasteiger partial charge < -0.3 is 18.9 Å². The molecule has 1 fully saturated rings. The van der Waals surface area contributed by atoms with Gasteiger partial charge in [-0.15, -0.1) is 0 Å². The highest BCUT2D eigenvalue weighted by Crippen LogP contribution is 2.50. The van der Waals surface area contributed by atoms with Gasteiger partial charge in [0, 0.05) is 11.8 Å². The Morgan fingerprint density at radius 1 is 0.619 bits per heavy atom. The summed E-state index contributed by atoms with van der Waals surface area (Å²) >= 11 is 0. The second-order valence-electron chi connectivity index (χ2n) is 11.4. The van der Waals surface area contributed by atoms with E-state index in [-0.39, 0.29) is 30.1 Å². The van der Waals surface area contributed by atoms with Crippen LogP contribution in [0.1, 0.15) is 39.8 Å². The summed E-state index contributed by atoms with van der Waals surface area (Å²) in [5, 5.41) is 2.43. The van der Waals surface area contributed by atoms with Gasteiger partial charge in [0.15, 0.2) is 0 Å². The lowest BCUT2D eigenvalue weighted by Gasteiger charge is -2.49. The maximum Gasteiger partial charge on any atom is 0.108 e. The highest BCUT2D eigenvalue weighted by atomic mass is 16.6. The topological polar surface area (TPSA) is 36.9 Å². The Morgan fingerprint density at radius 3 is 2.02 bits per heavy atom. The summed E-state index contributed by atoms with van der Waals surface area (Å²) in [6.07, 6.45) is -0.515. The fraction of sp³-hybridized carbons (Fsp3) is 0.263. The molecule has 42 heavy (non-hydrogen) atoms. The van der Waals surface area contributed by atoms with Gasteiger partial charge in [0.05, 0.1) is 45.2 Å². The molecule has 2 aliphatic heterocycles. The molecule has 0 radical (unpaired) electrons. The van der Waals surface area contributed by atoms with Gasteiger partial charge in [0.25, 0.3) is 0 Å². The van der Waals surface area contributed by atoms with Crippen LogP contribution in [-0.2, 0) is 38.8 Å². The van der Waals surface area contributed by atoms with Crippen LogP contribution in [0.3, 0.4) is 0 Å². The van der Waals surface area contributed by atoms with E-state index in [1.807, 2.05) is 24.3 Å². The van der Waals surface area contributed by atoms with Gasteiger partial charge in [-0.1, -0.05) is 121 Å². The van der Waals surface area contributed by atoms with Crippen LogP contribution < -0.4 is 0 Å². The average molecular weight is 557 g/mol. The molecule has 7 rings (SSSR count). The lowest BCUT2D eigenvalue weighted by atomic mass is 9.71. The van der Waals surface area contributed by atoms with Gasteiger partial charge in [0.2, 0.25) is 0 Å². The minimum Gasteiger partial charge on any atom is -0.376 e. The Hall–Kier alpha value is -3.80. The molecule has 0 N–H and O–H groups in total. The van der Waals surface area contributed by atoms with E-state index in [1.54, 1.807) is 0 Å². The third kappa shape index (κ3) is 5.77. The van der Waals surface area contributed by atoms with E-state index in [0.29, 0.717) is 33.0 Å². The van der Waals surface area contributed by atoms with Gasteiger partial charge in [-0.05, 0) is 44.7 Å². The quantitative estimate of drug-likeness (QED) is 0.184. The van der Waals surface area contributed by atoms with Crippen molar-refractivity contribution in [3.05, 3.63) is 155 Å². The number of fused-ring (bicyclic) bond motifs is 4. The average Bonchev–Trinajstić information content (AvgIpc) is 3.06. The monoisotopic (exact) mass is 556 g/mol. The van der Waals surface area contributed by atoms with E-state index >= 15 is 0 Å². The molecule has 2 aliphatic rings. The Kier molecular flexibility index (Phi) is 8.12. The first-order valence-electron chi connectivity index (χ1n) is 14.9. The Balaban J connectivity index is 1.23. The molecular weight excluding hydrogens is 520 g/mol. The zero-order valence-corrected chi connectivity index (χ0v) is 23.7. The lowest BCUT2D eigenvalue weighted by molar-refractivity contribution is -0.212. The van der Waals surface area contributed by atoms with Crippen LogP contribution in [0.5, 0.6) is 0 Å². The second kappa shape index (κ2) is 12.6. The van der Waals surface area contributed by atoms with Crippen molar-refractivity contribution in [2.45, 2.75) is 44.1 Å². The largest absolute Gasteiger partial charge is 0.376 e. The van der Waals surface area contributed by atoms with E-state index in [0.717, 1.165) is 11.1 Å². The molecule has 5 atom stereocenters. The molecule has 0 saturated carbocycles. The van der Waals surface area contributed by atoms with Crippen molar-refractivity contribution >= 4 is 10.8 Å². The number of rotatable bonds is 9. The molecule has 0 spiro atoms. The maximum atomic E-state index is 7.03. The van der Waals surface area contributed by atoms with Crippen molar-refractivity contribution < 1.29 is 18.9 Å². The first kappa shape index (κ1) is 27.1. The third-order valence-corrected chi connectivity index (χ3v) is 8.65. The fourth-order valence-electron chi connectivity index (χ4n) is 6.62. The third-order valence-electron chi connectivity index (χ3n) is 8.65. The maximum absolute atomic E-state index is 7.03. The normalized spacial score (nSPS) is 23.3. The van der Waals surface area contributed by atoms with Crippen molar-refractivity contribution in [3.8, 4) is 0 Å². The van der Waals surface area contributed by atoms with Crippen LogP contribution in [0.4, 0.5) is 0 Å². The molecular formula is C38H36O4. The summed E-state index contributed by atoms with van der Waals surface area (Å²) in [6, 6.07) is 44.6. The molecule has 0 aromatic heterocycles. The molecule has 212 valence electrons. The molecule has 5 aromatic rings. The second-order valence-corrected chi connectivity index (χ2v) is 11.4. The van der Waals surface area contributed by atoms with Crippen molar-refractivity contribution in [1.29, 1.82) is 0 Å². The van der Waals surface area contributed by atoms with E-state index in [1.165, 1.54) is 27.5 Å². The number of ether oxygens (including phenoxy) is 4. The first-order chi connectivity index (χ1) is 20.8. The van der Waals surface area contributed by atoms with Gasteiger partial charge in [0.1, 0.15) is 6.10 Å². The van der Waals surface area contributed by atoms with Gasteiger partial charge in [-0.3, -0.25) is 0 Å². The summed E-state index contributed by atoms with van der Waals surface area (Å²) in [4.78, 5) is 0. The van der Waals surface area contributed by atoms with Crippen molar-refractivity contribution in [1.82, 2.24) is 0 Å². The predicted molar refractivity (Wildman–Crippen MR) is 165 cm³/mol. The number of benzene rings is 5. The van der Waals surface area contributed by atoms with Crippen LogP contribution in [0.2, 0.25) is 0 Å². The number of hydrogen-bond acceptors (Lipinski definition) is 4. The van der Waals surface area contributed by atoms with Gasteiger partial charge in [-0.25, -0.2) is 0 Å². The highest BCUT2D eigenvalue weighted by molar-refractivity contribution is 5.83.